The molecule has 0 bridgehead atoms. The molecule has 0 heterocycles. The zero-order chi connectivity index (χ0) is 17.7. The highest BCUT2D eigenvalue weighted by Gasteiger charge is 2.17. The molecule has 0 radical (unpaired) electrons. The second kappa shape index (κ2) is 7.46. The van der Waals surface area contributed by atoms with Gasteiger partial charge < -0.3 is 10.6 Å². The lowest BCUT2D eigenvalue weighted by molar-refractivity contribution is -0.114. The first-order valence-electron chi connectivity index (χ1n) is 7.42. The fourth-order valence-electron chi connectivity index (χ4n) is 2.10. The van der Waals surface area contributed by atoms with Crippen LogP contribution in [0.25, 0.3) is 0 Å². The number of hydrogen-bond acceptors (Lipinski definition) is 4. The van der Waals surface area contributed by atoms with Crippen molar-refractivity contribution in [3.63, 3.8) is 0 Å². The highest BCUT2D eigenvalue weighted by atomic mass is 32.2. The number of carbonyl (C=O) groups excluding carboxylic acids is 1. The monoisotopic (exact) mass is 347 g/mol. The van der Waals surface area contributed by atoms with Gasteiger partial charge in [-0.05, 0) is 36.8 Å². The van der Waals surface area contributed by atoms with Gasteiger partial charge in [-0.2, -0.15) is 0 Å². The van der Waals surface area contributed by atoms with Crippen molar-refractivity contribution < 1.29 is 13.2 Å². The molecule has 0 aromatic heterocycles. The van der Waals surface area contributed by atoms with Gasteiger partial charge in [0.1, 0.15) is 0 Å². The van der Waals surface area contributed by atoms with Gasteiger partial charge in [-0.3, -0.25) is 4.79 Å². The molecule has 0 spiro atoms. The Kier molecular flexibility index (Phi) is 5.58. The first-order valence-corrected chi connectivity index (χ1v) is 8.86. The Morgan fingerprint density at radius 1 is 1.08 bits per heavy atom. The Bertz CT molecular complexity index is 832. The molecule has 2 aromatic rings. The van der Waals surface area contributed by atoms with Gasteiger partial charge in [0.2, 0.25) is 15.9 Å². The average molecular weight is 347 g/mol. The van der Waals surface area contributed by atoms with Gasteiger partial charge in [0.15, 0.2) is 0 Å². The first kappa shape index (κ1) is 18.0. The minimum atomic E-state index is -3.53. The number of para-hydroxylation sites is 1. The van der Waals surface area contributed by atoms with Crippen molar-refractivity contribution in [2.45, 2.75) is 11.8 Å². The maximum absolute atomic E-state index is 12.1. The van der Waals surface area contributed by atoms with Crippen LogP contribution >= 0.6 is 0 Å². The van der Waals surface area contributed by atoms with E-state index in [0.29, 0.717) is 5.69 Å². The quantitative estimate of drug-likeness (QED) is 0.840. The molecule has 0 aliphatic carbocycles. The summed E-state index contributed by atoms with van der Waals surface area (Å²) in [4.78, 5) is 12.2. The summed E-state index contributed by atoms with van der Waals surface area (Å²) in [5.74, 6) is -0.252. The van der Waals surface area contributed by atoms with Crippen LogP contribution in [0.1, 0.15) is 5.56 Å². The van der Waals surface area contributed by atoms with Gasteiger partial charge >= 0.3 is 0 Å². The van der Waals surface area contributed by atoms with E-state index in [9.17, 15) is 13.2 Å². The molecule has 0 aliphatic heterocycles. The van der Waals surface area contributed by atoms with Crippen LogP contribution in [0.4, 0.5) is 11.4 Å². The van der Waals surface area contributed by atoms with Crippen LogP contribution in [-0.4, -0.2) is 39.3 Å². The fraction of sp³-hybridized carbons (Fsp3) is 0.235. The lowest BCUT2D eigenvalue weighted by atomic mass is 10.2. The van der Waals surface area contributed by atoms with Crippen molar-refractivity contribution in [2.75, 3.05) is 31.3 Å². The van der Waals surface area contributed by atoms with Crippen LogP contribution in [0.15, 0.2) is 53.4 Å². The summed E-state index contributed by atoms with van der Waals surface area (Å²) in [5.41, 5.74) is 2.37. The molecule has 24 heavy (non-hydrogen) atoms. The van der Waals surface area contributed by atoms with Gasteiger partial charge in [-0.25, -0.2) is 12.7 Å². The van der Waals surface area contributed by atoms with Crippen LogP contribution in [0.3, 0.4) is 0 Å². The van der Waals surface area contributed by atoms with Crippen molar-refractivity contribution in [1.82, 2.24) is 4.31 Å². The summed E-state index contributed by atoms with van der Waals surface area (Å²) in [6, 6.07) is 13.9. The minimum absolute atomic E-state index is 0.0928. The fourth-order valence-corrected chi connectivity index (χ4v) is 3.05. The van der Waals surface area contributed by atoms with Gasteiger partial charge in [-0.1, -0.05) is 24.3 Å². The Morgan fingerprint density at radius 3 is 2.46 bits per heavy atom. The number of rotatable bonds is 6. The molecule has 2 aromatic carbocycles. The topological polar surface area (TPSA) is 78.5 Å². The number of nitrogens with one attached hydrogen (secondary N) is 2. The van der Waals surface area contributed by atoms with E-state index in [1.165, 1.54) is 26.2 Å². The highest BCUT2D eigenvalue weighted by Crippen LogP contribution is 2.18. The lowest BCUT2D eigenvalue weighted by Crippen LogP contribution is -2.23. The predicted molar refractivity (Wildman–Crippen MR) is 95.6 cm³/mol. The van der Waals surface area contributed by atoms with Crippen LogP contribution in [-0.2, 0) is 14.8 Å². The molecule has 1 amide bonds. The molecule has 0 saturated heterocycles. The Hall–Kier alpha value is -2.38. The second-order valence-corrected chi connectivity index (χ2v) is 7.68. The van der Waals surface area contributed by atoms with Gasteiger partial charge in [0.05, 0.1) is 11.4 Å². The normalized spacial score (nSPS) is 11.3. The van der Waals surface area contributed by atoms with E-state index in [2.05, 4.69) is 10.6 Å². The molecule has 0 saturated carbocycles. The molecular formula is C17H21N3O3S. The third kappa shape index (κ3) is 4.33. The summed E-state index contributed by atoms with van der Waals surface area (Å²) in [5, 5.41) is 5.76. The molecule has 2 N–H and O–H groups in total. The van der Waals surface area contributed by atoms with Crippen molar-refractivity contribution in [2.24, 2.45) is 0 Å². The number of sulfonamides is 1. The van der Waals surface area contributed by atoms with Gasteiger partial charge in [0.25, 0.3) is 0 Å². The molecule has 0 fully saturated rings. The number of anilines is 2. The predicted octanol–water partition coefficient (Wildman–Crippen LogP) is 2.30. The van der Waals surface area contributed by atoms with E-state index >= 15 is 0 Å². The molecule has 128 valence electrons. The third-order valence-corrected chi connectivity index (χ3v) is 5.29. The second-order valence-electron chi connectivity index (χ2n) is 5.53. The molecular weight excluding hydrogens is 326 g/mol. The molecule has 0 aliphatic rings. The number of carbonyl (C=O) groups is 1. The summed E-state index contributed by atoms with van der Waals surface area (Å²) in [6.45, 7) is 2.05. The SMILES string of the molecule is Cc1ccccc1NCC(=O)Nc1cccc(S(=O)(=O)N(C)C)c1. The summed E-state index contributed by atoms with van der Waals surface area (Å²) in [6.07, 6.45) is 0. The maximum atomic E-state index is 12.1. The van der Waals surface area contributed by atoms with E-state index in [1.54, 1.807) is 12.1 Å². The lowest BCUT2D eigenvalue weighted by Gasteiger charge is -2.13. The maximum Gasteiger partial charge on any atom is 0.243 e. The molecule has 7 heteroatoms. The number of hydrogen-bond donors (Lipinski definition) is 2. The first-order chi connectivity index (χ1) is 11.3. The largest absolute Gasteiger partial charge is 0.376 e. The Balaban J connectivity index is 2.04. The Labute approximate surface area is 142 Å². The summed E-state index contributed by atoms with van der Waals surface area (Å²) >= 11 is 0. The van der Waals surface area contributed by atoms with Crippen molar-refractivity contribution >= 4 is 27.3 Å². The average Bonchev–Trinajstić information content (AvgIpc) is 2.54. The number of nitrogens with zero attached hydrogens (tertiary/aromatic N) is 1. The minimum Gasteiger partial charge on any atom is -0.376 e. The van der Waals surface area contributed by atoms with Gasteiger partial charge in [0, 0.05) is 25.5 Å². The van der Waals surface area contributed by atoms with Crippen molar-refractivity contribution in [1.29, 1.82) is 0 Å². The number of aryl methyl sites for hydroxylation is 1. The molecule has 2 rings (SSSR count). The zero-order valence-corrected chi connectivity index (χ0v) is 14.7. The number of amides is 1. The Morgan fingerprint density at radius 2 is 1.79 bits per heavy atom. The standard InChI is InChI=1S/C17H21N3O3S/c1-13-7-4-5-10-16(13)18-12-17(21)19-14-8-6-9-15(11-14)24(22,23)20(2)3/h4-11,18H,12H2,1-3H3,(H,19,21). The summed E-state index contributed by atoms with van der Waals surface area (Å²) in [7, 11) is -0.600. The highest BCUT2D eigenvalue weighted by molar-refractivity contribution is 7.89. The van der Waals surface area contributed by atoms with E-state index in [0.717, 1.165) is 15.6 Å². The van der Waals surface area contributed by atoms with E-state index < -0.39 is 10.0 Å². The molecule has 6 nitrogen and oxygen atoms in total. The summed E-state index contributed by atoms with van der Waals surface area (Å²) < 4.78 is 25.4. The van der Waals surface area contributed by atoms with Crippen LogP contribution < -0.4 is 10.6 Å². The van der Waals surface area contributed by atoms with Crippen LogP contribution in [0.2, 0.25) is 0 Å². The molecule has 0 unspecified atom stereocenters. The van der Waals surface area contributed by atoms with Crippen LogP contribution in [0, 0.1) is 6.92 Å². The third-order valence-electron chi connectivity index (χ3n) is 3.48. The van der Waals surface area contributed by atoms with E-state index in [4.69, 9.17) is 0 Å². The van der Waals surface area contributed by atoms with E-state index in [-0.39, 0.29) is 17.3 Å². The van der Waals surface area contributed by atoms with Gasteiger partial charge in [-0.15, -0.1) is 0 Å². The van der Waals surface area contributed by atoms with Crippen molar-refractivity contribution in [3.8, 4) is 0 Å². The number of benzene rings is 2. The molecule has 0 atom stereocenters. The van der Waals surface area contributed by atoms with E-state index in [1.807, 2.05) is 31.2 Å². The van der Waals surface area contributed by atoms with Crippen molar-refractivity contribution in [3.05, 3.63) is 54.1 Å². The van der Waals surface area contributed by atoms with Crippen LogP contribution in [0.5, 0.6) is 0 Å². The zero-order valence-electron chi connectivity index (χ0n) is 13.9. The smallest absolute Gasteiger partial charge is 0.243 e.